The first-order chi connectivity index (χ1) is 24.3. The number of carbonyl (C=O) groups excluding carboxylic acids is 1. The average Bonchev–Trinajstić information content (AvgIpc) is 3.11. The lowest BCUT2D eigenvalue weighted by atomic mass is 9.99. The van der Waals surface area contributed by atoms with E-state index in [2.05, 4.69) is 55.6 Å². The van der Waals surface area contributed by atoms with Gasteiger partial charge in [0.05, 0.1) is 25.4 Å². The molecule has 0 aliphatic carbocycles. The summed E-state index contributed by atoms with van der Waals surface area (Å²) in [5, 5.41) is 53.9. The first kappa shape index (κ1) is 46.2. The molecule has 0 bridgehead atoms. The van der Waals surface area contributed by atoms with Crippen molar-refractivity contribution in [3.63, 3.8) is 0 Å². The molecule has 0 radical (unpaired) electrons. The van der Waals surface area contributed by atoms with E-state index in [9.17, 15) is 30.3 Å². The number of ether oxygens (including phenoxy) is 2. The molecule has 9 nitrogen and oxygen atoms in total. The van der Waals surface area contributed by atoms with Crippen molar-refractivity contribution in [2.45, 2.75) is 192 Å². The smallest absolute Gasteiger partial charge is 0.220 e. The molecule has 1 rings (SSSR count). The van der Waals surface area contributed by atoms with Crippen molar-refractivity contribution < 1.29 is 39.8 Å². The van der Waals surface area contributed by atoms with E-state index in [4.69, 9.17) is 9.47 Å². The van der Waals surface area contributed by atoms with Gasteiger partial charge in [0.1, 0.15) is 24.4 Å². The van der Waals surface area contributed by atoms with Gasteiger partial charge in [-0.15, -0.1) is 0 Å². The number of aliphatic hydroxyl groups excluding tert-OH is 5. The predicted octanol–water partition coefficient (Wildman–Crippen LogP) is 7.11. The van der Waals surface area contributed by atoms with Gasteiger partial charge >= 0.3 is 0 Å². The first-order valence-corrected chi connectivity index (χ1v) is 19.9. The fourth-order valence-electron chi connectivity index (χ4n) is 5.81. The predicted molar refractivity (Wildman–Crippen MR) is 203 cm³/mol. The zero-order valence-corrected chi connectivity index (χ0v) is 31.4. The third-order valence-corrected chi connectivity index (χ3v) is 9.10. The van der Waals surface area contributed by atoms with Crippen LogP contribution in [0, 0.1) is 0 Å². The maximum Gasteiger partial charge on any atom is 0.220 e. The lowest BCUT2D eigenvalue weighted by molar-refractivity contribution is -0.302. The van der Waals surface area contributed by atoms with Crippen molar-refractivity contribution in [1.82, 2.24) is 5.32 Å². The van der Waals surface area contributed by atoms with Crippen LogP contribution in [0.2, 0.25) is 0 Å². The molecule has 0 aromatic rings. The monoisotopic (exact) mass is 708 g/mol. The van der Waals surface area contributed by atoms with Crippen molar-refractivity contribution >= 4 is 5.91 Å². The van der Waals surface area contributed by atoms with Crippen molar-refractivity contribution in [2.24, 2.45) is 0 Å². The lowest BCUT2D eigenvalue weighted by Gasteiger charge is -2.40. The van der Waals surface area contributed by atoms with Gasteiger partial charge in [-0.05, 0) is 64.2 Å². The molecule has 50 heavy (non-hydrogen) atoms. The second-order valence-corrected chi connectivity index (χ2v) is 13.7. The molecule has 1 aliphatic rings. The Morgan fingerprint density at radius 2 is 1.16 bits per heavy atom. The van der Waals surface area contributed by atoms with Crippen LogP contribution in [0.15, 0.2) is 48.6 Å². The molecule has 290 valence electrons. The maximum absolute atomic E-state index is 12.9. The van der Waals surface area contributed by atoms with Gasteiger partial charge in [-0.2, -0.15) is 0 Å². The molecular formula is C41H73NO8. The highest BCUT2D eigenvalue weighted by atomic mass is 16.7. The van der Waals surface area contributed by atoms with Crippen LogP contribution in [0.3, 0.4) is 0 Å². The van der Waals surface area contributed by atoms with Crippen LogP contribution in [-0.4, -0.2) is 87.5 Å². The van der Waals surface area contributed by atoms with Crippen LogP contribution in [0.1, 0.15) is 149 Å². The summed E-state index contributed by atoms with van der Waals surface area (Å²) in [6.07, 6.45) is 31.5. The summed E-state index contributed by atoms with van der Waals surface area (Å²) in [7, 11) is 0. The molecule has 7 unspecified atom stereocenters. The Bertz CT molecular complexity index is 920. The molecule has 0 spiro atoms. The number of nitrogens with one attached hydrogen (secondary N) is 1. The van der Waals surface area contributed by atoms with Gasteiger partial charge in [-0.1, -0.05) is 127 Å². The van der Waals surface area contributed by atoms with E-state index >= 15 is 0 Å². The van der Waals surface area contributed by atoms with Gasteiger partial charge in [-0.3, -0.25) is 4.79 Å². The topological polar surface area (TPSA) is 149 Å². The Labute approximate surface area is 303 Å². The largest absolute Gasteiger partial charge is 0.394 e. The number of hydrogen-bond acceptors (Lipinski definition) is 8. The molecule has 1 fully saturated rings. The molecule has 1 aliphatic heterocycles. The number of aliphatic hydroxyl groups is 5. The van der Waals surface area contributed by atoms with Crippen LogP contribution >= 0.6 is 0 Å². The Hall–Kier alpha value is -1.85. The highest BCUT2D eigenvalue weighted by Crippen LogP contribution is 2.22. The SMILES string of the molecule is CCCC/C=C/CC/C=C/CC/C=C/C(O)C(COC1OC(CO)C(O)C(O)C1O)NC(=O)CCCCCCCCC/C=C\CCCCCC. The van der Waals surface area contributed by atoms with E-state index in [0.29, 0.717) is 6.42 Å². The summed E-state index contributed by atoms with van der Waals surface area (Å²) in [6.45, 7) is 3.65. The van der Waals surface area contributed by atoms with Gasteiger partial charge < -0.3 is 40.3 Å². The van der Waals surface area contributed by atoms with Crippen LogP contribution in [0.4, 0.5) is 0 Å². The molecule has 9 heteroatoms. The van der Waals surface area contributed by atoms with Gasteiger partial charge in [0.15, 0.2) is 6.29 Å². The summed E-state index contributed by atoms with van der Waals surface area (Å²) in [5.41, 5.74) is 0. The van der Waals surface area contributed by atoms with E-state index in [1.807, 2.05) is 6.08 Å². The molecule has 1 heterocycles. The molecule has 0 aromatic carbocycles. The number of carbonyl (C=O) groups is 1. The number of unbranched alkanes of at least 4 members (excludes halogenated alkanes) is 15. The normalized spacial score (nSPS) is 22.7. The average molecular weight is 708 g/mol. The lowest BCUT2D eigenvalue weighted by Crippen LogP contribution is -2.60. The van der Waals surface area contributed by atoms with Crippen LogP contribution in [0.25, 0.3) is 0 Å². The second-order valence-electron chi connectivity index (χ2n) is 13.7. The van der Waals surface area contributed by atoms with Crippen molar-refractivity contribution in [3.8, 4) is 0 Å². The summed E-state index contributed by atoms with van der Waals surface area (Å²) in [4.78, 5) is 12.9. The minimum absolute atomic E-state index is 0.201. The fourth-order valence-corrected chi connectivity index (χ4v) is 5.81. The quantitative estimate of drug-likeness (QED) is 0.0330. The zero-order valence-electron chi connectivity index (χ0n) is 31.4. The number of hydrogen-bond donors (Lipinski definition) is 6. The van der Waals surface area contributed by atoms with E-state index in [1.54, 1.807) is 6.08 Å². The Balaban J connectivity index is 2.47. The second kappa shape index (κ2) is 31.9. The van der Waals surface area contributed by atoms with E-state index in [0.717, 1.165) is 64.2 Å². The van der Waals surface area contributed by atoms with Gasteiger partial charge in [0, 0.05) is 6.42 Å². The molecule has 0 aromatic heterocycles. The van der Waals surface area contributed by atoms with Gasteiger partial charge in [0.2, 0.25) is 5.91 Å². The van der Waals surface area contributed by atoms with E-state index in [1.165, 1.54) is 64.2 Å². The molecule has 1 saturated heterocycles. The van der Waals surface area contributed by atoms with Crippen LogP contribution in [0.5, 0.6) is 0 Å². The van der Waals surface area contributed by atoms with E-state index < -0.39 is 49.5 Å². The summed E-state index contributed by atoms with van der Waals surface area (Å²) < 4.78 is 11.1. The zero-order chi connectivity index (χ0) is 36.7. The Morgan fingerprint density at radius 3 is 1.74 bits per heavy atom. The first-order valence-electron chi connectivity index (χ1n) is 19.9. The summed E-state index contributed by atoms with van der Waals surface area (Å²) in [5.74, 6) is -0.201. The van der Waals surface area contributed by atoms with Crippen LogP contribution in [-0.2, 0) is 14.3 Å². The van der Waals surface area contributed by atoms with Gasteiger partial charge in [-0.25, -0.2) is 0 Å². The van der Waals surface area contributed by atoms with Crippen LogP contribution < -0.4 is 5.32 Å². The molecule has 7 atom stereocenters. The Kier molecular flexibility index (Phi) is 29.4. The minimum Gasteiger partial charge on any atom is -0.394 e. The Morgan fingerprint density at radius 1 is 0.660 bits per heavy atom. The van der Waals surface area contributed by atoms with Crippen molar-refractivity contribution in [2.75, 3.05) is 13.2 Å². The van der Waals surface area contributed by atoms with E-state index in [-0.39, 0.29) is 12.5 Å². The van der Waals surface area contributed by atoms with Crippen molar-refractivity contribution in [1.29, 1.82) is 0 Å². The molecular weight excluding hydrogens is 634 g/mol. The number of rotatable bonds is 31. The number of amides is 1. The standard InChI is InChI=1S/C41H73NO8/c1-3-5-7-9-11-13-15-17-18-19-21-23-25-27-29-31-37(45)42-34(33-49-41-40(48)39(47)38(46)36(32-43)50-41)35(44)30-28-26-24-22-20-16-14-12-10-8-6-4-2/h10,12-13,15,20,22,28,30,34-36,38-41,43-44,46-48H,3-9,11,14,16-19,21,23-27,29,31-33H2,1-2H3,(H,42,45)/b12-10+,15-13-,22-20+,30-28+. The molecule has 0 saturated carbocycles. The highest BCUT2D eigenvalue weighted by Gasteiger charge is 2.44. The molecule has 6 N–H and O–H groups in total. The third kappa shape index (κ3) is 22.9. The summed E-state index contributed by atoms with van der Waals surface area (Å²) in [6, 6.07) is -0.827. The number of allylic oxidation sites excluding steroid dienone is 7. The van der Waals surface area contributed by atoms with Crippen molar-refractivity contribution in [3.05, 3.63) is 48.6 Å². The van der Waals surface area contributed by atoms with Gasteiger partial charge in [0.25, 0.3) is 0 Å². The minimum atomic E-state index is -1.57. The summed E-state index contributed by atoms with van der Waals surface area (Å²) >= 11 is 0. The maximum atomic E-state index is 12.9. The fraction of sp³-hybridized carbons (Fsp3) is 0.780. The third-order valence-electron chi connectivity index (χ3n) is 9.10. The molecule has 1 amide bonds. The highest BCUT2D eigenvalue weighted by molar-refractivity contribution is 5.76.